The van der Waals surface area contributed by atoms with E-state index in [2.05, 4.69) is 30.9 Å². The number of H-pyrrole nitrogens is 1. The molecule has 0 unspecified atom stereocenters. The van der Waals surface area contributed by atoms with Crippen LogP contribution in [0.1, 0.15) is 0 Å². The monoisotopic (exact) mass is 288 g/mol. The highest BCUT2D eigenvalue weighted by Crippen LogP contribution is 2.27. The van der Waals surface area contributed by atoms with Gasteiger partial charge in [0.05, 0.1) is 5.52 Å². The zero-order valence-electron chi connectivity index (χ0n) is 8.81. The number of nitrogens with one attached hydrogen (secondary N) is 1. The van der Waals surface area contributed by atoms with Gasteiger partial charge in [-0.3, -0.25) is 0 Å². The van der Waals surface area contributed by atoms with E-state index in [0.29, 0.717) is 11.3 Å². The molecule has 3 rings (SSSR count). The van der Waals surface area contributed by atoms with E-state index in [4.69, 9.17) is 5.73 Å². The molecule has 0 saturated carbocycles. The summed E-state index contributed by atoms with van der Waals surface area (Å²) in [5.74, 6) is 0.740. The fraction of sp³-hybridized carbons (Fsp3) is 0. The third-order valence-corrected chi connectivity index (χ3v) is 3.02. The predicted molar refractivity (Wildman–Crippen MR) is 71.4 cm³/mol. The minimum Gasteiger partial charge on any atom is -0.398 e. The van der Waals surface area contributed by atoms with Crippen molar-refractivity contribution in [3.63, 3.8) is 0 Å². The van der Waals surface area contributed by atoms with Gasteiger partial charge in [-0.05, 0) is 30.3 Å². The summed E-state index contributed by atoms with van der Waals surface area (Å²) < 4.78 is 0.952. The van der Waals surface area contributed by atoms with Crippen LogP contribution in [-0.2, 0) is 0 Å². The second-order valence-corrected chi connectivity index (χ2v) is 4.61. The van der Waals surface area contributed by atoms with Crippen molar-refractivity contribution >= 4 is 32.8 Å². The molecule has 0 aliphatic rings. The molecule has 2 aromatic heterocycles. The second kappa shape index (κ2) is 3.85. The van der Waals surface area contributed by atoms with Crippen LogP contribution in [0.5, 0.6) is 0 Å². The Morgan fingerprint density at radius 1 is 1.24 bits per heavy atom. The van der Waals surface area contributed by atoms with Gasteiger partial charge in [-0.2, -0.15) is 0 Å². The van der Waals surface area contributed by atoms with Gasteiger partial charge in [-0.15, -0.1) is 0 Å². The smallest absolute Gasteiger partial charge is 0.178 e. The van der Waals surface area contributed by atoms with E-state index in [9.17, 15) is 0 Å². The Labute approximate surface area is 106 Å². The third kappa shape index (κ3) is 1.78. The summed E-state index contributed by atoms with van der Waals surface area (Å²) in [7, 11) is 0. The fourth-order valence-electron chi connectivity index (χ4n) is 1.72. The number of nitrogens with two attached hydrogens (primary N) is 1. The topological polar surface area (TPSA) is 67.6 Å². The largest absolute Gasteiger partial charge is 0.398 e. The summed E-state index contributed by atoms with van der Waals surface area (Å²) in [5, 5.41) is 0. The lowest BCUT2D eigenvalue weighted by molar-refractivity contribution is 1.30. The molecule has 0 amide bonds. The Bertz CT molecular complexity index is 657. The van der Waals surface area contributed by atoms with E-state index in [0.717, 1.165) is 21.4 Å². The molecule has 4 nitrogen and oxygen atoms in total. The molecule has 0 saturated heterocycles. The molecule has 0 aliphatic heterocycles. The highest BCUT2D eigenvalue weighted by Gasteiger charge is 2.08. The van der Waals surface area contributed by atoms with Crippen LogP contribution in [0.15, 0.2) is 41.0 Å². The molecule has 2 heterocycles. The first kappa shape index (κ1) is 10.3. The number of rotatable bonds is 1. The maximum absolute atomic E-state index is 5.96. The molecule has 0 fully saturated rings. The molecule has 0 bridgehead atoms. The zero-order valence-corrected chi connectivity index (χ0v) is 10.4. The Morgan fingerprint density at radius 2 is 2.12 bits per heavy atom. The lowest BCUT2D eigenvalue weighted by Crippen LogP contribution is -1.91. The van der Waals surface area contributed by atoms with Crippen LogP contribution in [0.4, 0.5) is 5.69 Å². The van der Waals surface area contributed by atoms with Crippen molar-refractivity contribution in [1.82, 2.24) is 15.0 Å². The molecule has 0 radical (unpaired) electrons. The number of anilines is 1. The maximum Gasteiger partial charge on any atom is 0.178 e. The highest BCUT2D eigenvalue weighted by molar-refractivity contribution is 9.10. The van der Waals surface area contributed by atoms with Gasteiger partial charge in [0.15, 0.2) is 5.65 Å². The van der Waals surface area contributed by atoms with E-state index >= 15 is 0 Å². The summed E-state index contributed by atoms with van der Waals surface area (Å²) in [6.07, 6.45) is 1.72. The summed E-state index contributed by atoms with van der Waals surface area (Å²) in [4.78, 5) is 11.8. The van der Waals surface area contributed by atoms with Crippen LogP contribution < -0.4 is 5.73 Å². The van der Waals surface area contributed by atoms with Gasteiger partial charge in [0.25, 0.3) is 0 Å². The minimum absolute atomic E-state index is 0.679. The van der Waals surface area contributed by atoms with Crippen molar-refractivity contribution < 1.29 is 0 Å². The quantitative estimate of drug-likeness (QED) is 0.677. The second-order valence-electron chi connectivity index (χ2n) is 3.69. The van der Waals surface area contributed by atoms with Crippen LogP contribution >= 0.6 is 15.9 Å². The molecular weight excluding hydrogens is 280 g/mol. The van der Waals surface area contributed by atoms with Crippen LogP contribution in [-0.4, -0.2) is 15.0 Å². The number of pyridine rings is 1. The average molecular weight is 289 g/mol. The number of halogens is 1. The van der Waals surface area contributed by atoms with E-state index in [-0.39, 0.29) is 0 Å². The van der Waals surface area contributed by atoms with Crippen LogP contribution in [0.2, 0.25) is 0 Å². The van der Waals surface area contributed by atoms with Gasteiger partial charge < -0.3 is 10.7 Å². The van der Waals surface area contributed by atoms with Gasteiger partial charge in [0, 0.05) is 21.9 Å². The van der Waals surface area contributed by atoms with E-state index in [1.807, 2.05) is 30.3 Å². The molecule has 3 N–H and O–H groups in total. The van der Waals surface area contributed by atoms with Crippen LogP contribution in [0.25, 0.3) is 22.6 Å². The number of fused-ring (bicyclic) bond motifs is 1. The summed E-state index contributed by atoms with van der Waals surface area (Å²) >= 11 is 3.38. The maximum atomic E-state index is 5.96. The molecule has 1 aromatic carbocycles. The third-order valence-electron chi connectivity index (χ3n) is 2.53. The van der Waals surface area contributed by atoms with Crippen molar-refractivity contribution in [2.75, 3.05) is 5.73 Å². The van der Waals surface area contributed by atoms with Crippen molar-refractivity contribution in [3.05, 3.63) is 41.0 Å². The molecule has 5 heteroatoms. The number of aromatic nitrogens is 3. The molecule has 0 atom stereocenters. The van der Waals surface area contributed by atoms with Gasteiger partial charge >= 0.3 is 0 Å². The number of nitrogens with zero attached hydrogens (tertiary/aromatic N) is 2. The first-order chi connectivity index (χ1) is 8.24. The normalized spacial score (nSPS) is 10.9. The fourth-order valence-corrected chi connectivity index (χ4v) is 2.10. The van der Waals surface area contributed by atoms with Gasteiger partial charge in [-0.1, -0.05) is 15.9 Å². The number of hydrogen-bond acceptors (Lipinski definition) is 3. The first-order valence-electron chi connectivity index (χ1n) is 5.10. The molecule has 0 aliphatic carbocycles. The molecule has 17 heavy (non-hydrogen) atoms. The molecular formula is C12H9BrN4. The van der Waals surface area contributed by atoms with E-state index < -0.39 is 0 Å². The number of aromatic amines is 1. The Hall–Kier alpha value is -1.88. The van der Waals surface area contributed by atoms with E-state index in [1.165, 1.54) is 0 Å². The van der Waals surface area contributed by atoms with Gasteiger partial charge in [-0.25, -0.2) is 9.97 Å². The molecule has 0 spiro atoms. The summed E-state index contributed by atoms with van der Waals surface area (Å²) in [6.45, 7) is 0. The number of hydrogen-bond donors (Lipinski definition) is 2. The molecule has 84 valence electrons. The Kier molecular flexibility index (Phi) is 2.33. The number of benzene rings is 1. The highest BCUT2D eigenvalue weighted by atomic mass is 79.9. The van der Waals surface area contributed by atoms with Crippen molar-refractivity contribution in [1.29, 1.82) is 0 Å². The summed E-state index contributed by atoms with van der Waals surface area (Å²) in [5.41, 5.74) is 9.13. The zero-order chi connectivity index (χ0) is 11.8. The number of nitrogen functional groups attached to an aromatic ring is 1. The van der Waals surface area contributed by atoms with Crippen molar-refractivity contribution in [3.8, 4) is 11.4 Å². The summed E-state index contributed by atoms with van der Waals surface area (Å²) in [6, 6.07) is 9.53. The Morgan fingerprint density at radius 3 is 2.88 bits per heavy atom. The number of imidazole rings is 1. The molecule has 3 aromatic rings. The van der Waals surface area contributed by atoms with Crippen molar-refractivity contribution in [2.24, 2.45) is 0 Å². The standard InChI is InChI=1S/C12H9BrN4/c13-7-3-4-8(9(14)6-7)11-16-10-2-1-5-15-12(10)17-11/h1-6H,14H2,(H,15,16,17). The van der Waals surface area contributed by atoms with E-state index in [1.54, 1.807) is 6.20 Å². The SMILES string of the molecule is Nc1cc(Br)ccc1-c1nc2ncccc2[nH]1. The lowest BCUT2D eigenvalue weighted by Gasteiger charge is -2.02. The van der Waals surface area contributed by atoms with Crippen LogP contribution in [0, 0.1) is 0 Å². The first-order valence-corrected chi connectivity index (χ1v) is 5.89. The minimum atomic E-state index is 0.679. The Balaban J connectivity index is 2.20. The van der Waals surface area contributed by atoms with Crippen LogP contribution in [0.3, 0.4) is 0 Å². The lowest BCUT2D eigenvalue weighted by atomic mass is 10.2. The predicted octanol–water partition coefficient (Wildman–Crippen LogP) is 2.97. The van der Waals surface area contributed by atoms with Gasteiger partial charge in [0.2, 0.25) is 0 Å². The average Bonchev–Trinajstić information content (AvgIpc) is 2.72. The van der Waals surface area contributed by atoms with Crippen molar-refractivity contribution in [2.45, 2.75) is 0 Å². The van der Waals surface area contributed by atoms with Gasteiger partial charge in [0.1, 0.15) is 5.82 Å².